The highest BCUT2D eigenvalue weighted by atomic mass is 32.1. The van der Waals surface area contributed by atoms with Gasteiger partial charge in [0.2, 0.25) is 0 Å². The van der Waals surface area contributed by atoms with Crippen LogP contribution in [-0.2, 0) is 4.74 Å². The zero-order valence-electron chi connectivity index (χ0n) is 4.72. The molecular weight excluding hydrogens is 120 g/mol. The second-order valence-electron chi connectivity index (χ2n) is 1.87. The summed E-state index contributed by atoms with van der Waals surface area (Å²) in [6, 6.07) is 0. The zero-order valence-corrected chi connectivity index (χ0v) is 5.54. The standard InChI is InChI=1S/C6H9OS/c8-6-4-2-1-3-5-7-6/h4H,1-3,5H2. The minimum absolute atomic E-state index is 0.683. The van der Waals surface area contributed by atoms with Gasteiger partial charge in [0, 0.05) is 6.42 Å². The summed E-state index contributed by atoms with van der Waals surface area (Å²) in [6.07, 6.45) is 5.44. The Morgan fingerprint density at radius 3 is 3.25 bits per heavy atom. The quantitative estimate of drug-likeness (QED) is 0.460. The molecule has 0 spiro atoms. The lowest BCUT2D eigenvalue weighted by molar-refractivity contribution is 0.313. The van der Waals surface area contributed by atoms with Gasteiger partial charge in [0.05, 0.1) is 6.61 Å². The molecule has 0 amide bonds. The van der Waals surface area contributed by atoms with Gasteiger partial charge in [-0.05, 0) is 31.5 Å². The summed E-state index contributed by atoms with van der Waals surface area (Å²) in [5, 5.41) is 0.683. The number of thiocarbonyl (C=S) groups is 1. The predicted molar refractivity (Wildman–Crippen MR) is 36.7 cm³/mol. The van der Waals surface area contributed by atoms with Crippen LogP contribution in [0.3, 0.4) is 0 Å². The van der Waals surface area contributed by atoms with E-state index in [0.29, 0.717) is 5.05 Å². The molecule has 1 saturated heterocycles. The molecular formula is C6H9OS. The average molecular weight is 129 g/mol. The molecule has 1 nitrogen and oxygen atoms in total. The van der Waals surface area contributed by atoms with Gasteiger partial charge in [-0.3, -0.25) is 0 Å². The first-order valence-corrected chi connectivity index (χ1v) is 3.30. The van der Waals surface area contributed by atoms with Gasteiger partial charge in [0.1, 0.15) is 0 Å². The van der Waals surface area contributed by atoms with Crippen LogP contribution in [0.2, 0.25) is 0 Å². The largest absolute Gasteiger partial charge is 0.487 e. The molecule has 1 rings (SSSR count). The van der Waals surface area contributed by atoms with E-state index in [1.54, 1.807) is 0 Å². The van der Waals surface area contributed by atoms with Crippen LogP contribution in [0.1, 0.15) is 19.3 Å². The van der Waals surface area contributed by atoms with Crippen molar-refractivity contribution in [2.75, 3.05) is 6.61 Å². The predicted octanol–water partition coefficient (Wildman–Crippen LogP) is 1.72. The van der Waals surface area contributed by atoms with Gasteiger partial charge in [0.15, 0.2) is 5.05 Å². The van der Waals surface area contributed by atoms with E-state index in [4.69, 9.17) is 17.0 Å². The molecule has 0 aliphatic carbocycles. The third kappa shape index (κ3) is 1.78. The number of hydrogen-bond acceptors (Lipinski definition) is 2. The molecule has 0 aromatic heterocycles. The van der Waals surface area contributed by atoms with E-state index in [2.05, 4.69) is 0 Å². The van der Waals surface area contributed by atoms with Crippen molar-refractivity contribution in [1.29, 1.82) is 0 Å². The van der Waals surface area contributed by atoms with Crippen molar-refractivity contribution in [3.63, 3.8) is 0 Å². The Morgan fingerprint density at radius 2 is 2.38 bits per heavy atom. The summed E-state index contributed by atoms with van der Waals surface area (Å²) < 4.78 is 5.08. The zero-order chi connectivity index (χ0) is 5.82. The molecule has 1 radical (unpaired) electrons. The fourth-order valence-electron chi connectivity index (χ4n) is 0.698. The molecule has 0 aromatic carbocycles. The van der Waals surface area contributed by atoms with E-state index < -0.39 is 0 Å². The van der Waals surface area contributed by atoms with Gasteiger partial charge < -0.3 is 4.74 Å². The summed E-state index contributed by atoms with van der Waals surface area (Å²) >= 11 is 4.81. The molecule has 0 atom stereocenters. The lowest BCUT2D eigenvalue weighted by Crippen LogP contribution is -1.98. The Kier molecular flexibility index (Phi) is 2.27. The summed E-state index contributed by atoms with van der Waals surface area (Å²) in [5.74, 6) is 0. The van der Waals surface area contributed by atoms with E-state index in [9.17, 15) is 0 Å². The van der Waals surface area contributed by atoms with Crippen LogP contribution in [0.5, 0.6) is 0 Å². The van der Waals surface area contributed by atoms with Crippen molar-refractivity contribution in [2.45, 2.75) is 19.3 Å². The molecule has 45 valence electrons. The Morgan fingerprint density at radius 1 is 1.50 bits per heavy atom. The Bertz CT molecular complexity index is 80.5. The van der Waals surface area contributed by atoms with Gasteiger partial charge >= 0.3 is 0 Å². The minimum atomic E-state index is 0.683. The summed E-state index contributed by atoms with van der Waals surface area (Å²) in [4.78, 5) is 0. The van der Waals surface area contributed by atoms with Crippen molar-refractivity contribution in [3.05, 3.63) is 6.42 Å². The highest BCUT2D eigenvalue weighted by molar-refractivity contribution is 7.80. The monoisotopic (exact) mass is 129 g/mol. The van der Waals surface area contributed by atoms with Gasteiger partial charge in [-0.15, -0.1) is 0 Å². The summed E-state index contributed by atoms with van der Waals surface area (Å²) in [5.41, 5.74) is 0. The molecule has 1 heterocycles. The van der Waals surface area contributed by atoms with Gasteiger partial charge in [0.25, 0.3) is 0 Å². The van der Waals surface area contributed by atoms with Crippen LogP contribution in [0.25, 0.3) is 0 Å². The first-order chi connectivity index (χ1) is 3.89. The normalized spacial score (nSPS) is 21.8. The van der Waals surface area contributed by atoms with Crippen molar-refractivity contribution in [3.8, 4) is 0 Å². The second kappa shape index (κ2) is 3.02. The van der Waals surface area contributed by atoms with Crippen LogP contribution < -0.4 is 0 Å². The number of hydrogen-bond donors (Lipinski definition) is 0. The van der Waals surface area contributed by atoms with Crippen LogP contribution >= 0.6 is 12.2 Å². The van der Waals surface area contributed by atoms with Crippen molar-refractivity contribution >= 4 is 17.3 Å². The molecule has 2 heteroatoms. The SMILES string of the molecule is S=C1[CH]CCCCO1. The van der Waals surface area contributed by atoms with Crippen molar-refractivity contribution < 1.29 is 4.74 Å². The minimum Gasteiger partial charge on any atom is -0.487 e. The molecule has 1 aliphatic heterocycles. The fraction of sp³-hybridized carbons (Fsp3) is 0.667. The average Bonchev–Trinajstić information content (AvgIpc) is 1.94. The van der Waals surface area contributed by atoms with Crippen LogP contribution in [-0.4, -0.2) is 11.7 Å². The van der Waals surface area contributed by atoms with E-state index in [0.717, 1.165) is 19.4 Å². The Balaban J connectivity index is 2.27. The number of rotatable bonds is 0. The van der Waals surface area contributed by atoms with Crippen LogP contribution in [0.15, 0.2) is 0 Å². The number of ether oxygens (including phenoxy) is 1. The maximum absolute atomic E-state index is 5.08. The molecule has 0 N–H and O–H groups in total. The van der Waals surface area contributed by atoms with Crippen LogP contribution in [0, 0.1) is 6.42 Å². The summed E-state index contributed by atoms with van der Waals surface area (Å²) in [7, 11) is 0. The van der Waals surface area contributed by atoms with Crippen molar-refractivity contribution in [2.24, 2.45) is 0 Å². The van der Waals surface area contributed by atoms with Crippen molar-refractivity contribution in [1.82, 2.24) is 0 Å². The molecule has 0 aromatic rings. The lowest BCUT2D eigenvalue weighted by atomic mass is 10.2. The highest BCUT2D eigenvalue weighted by Gasteiger charge is 2.02. The first kappa shape index (κ1) is 6.02. The molecule has 1 aliphatic rings. The third-order valence-corrected chi connectivity index (χ3v) is 1.44. The fourth-order valence-corrected chi connectivity index (χ4v) is 0.899. The van der Waals surface area contributed by atoms with E-state index >= 15 is 0 Å². The Labute approximate surface area is 55.0 Å². The van der Waals surface area contributed by atoms with E-state index in [1.807, 2.05) is 6.42 Å². The van der Waals surface area contributed by atoms with Gasteiger partial charge in [-0.25, -0.2) is 0 Å². The van der Waals surface area contributed by atoms with Crippen LogP contribution in [0.4, 0.5) is 0 Å². The molecule has 1 fully saturated rings. The van der Waals surface area contributed by atoms with E-state index in [1.165, 1.54) is 6.42 Å². The molecule has 0 saturated carbocycles. The first-order valence-electron chi connectivity index (χ1n) is 2.89. The molecule has 0 bridgehead atoms. The topological polar surface area (TPSA) is 9.23 Å². The molecule has 8 heavy (non-hydrogen) atoms. The maximum atomic E-state index is 5.08. The second-order valence-corrected chi connectivity index (χ2v) is 2.27. The summed E-state index contributed by atoms with van der Waals surface area (Å²) in [6.45, 7) is 0.815. The third-order valence-electron chi connectivity index (χ3n) is 1.15. The highest BCUT2D eigenvalue weighted by Crippen LogP contribution is 2.06. The molecule has 0 unspecified atom stereocenters. The smallest absolute Gasteiger partial charge is 0.163 e. The Hall–Kier alpha value is -0.110. The lowest BCUT2D eigenvalue weighted by Gasteiger charge is -1.97. The van der Waals surface area contributed by atoms with Gasteiger partial charge in [-0.1, -0.05) is 0 Å². The van der Waals surface area contributed by atoms with Gasteiger partial charge in [-0.2, -0.15) is 0 Å². The van der Waals surface area contributed by atoms with E-state index in [-0.39, 0.29) is 0 Å². The maximum Gasteiger partial charge on any atom is 0.163 e.